The minimum atomic E-state index is -5.87. The van der Waals surface area contributed by atoms with Gasteiger partial charge in [0.2, 0.25) is 0 Å². The van der Waals surface area contributed by atoms with Crippen LogP contribution in [0.1, 0.15) is 91.4 Å². The van der Waals surface area contributed by atoms with Crippen molar-refractivity contribution in [3.8, 4) is 0 Å². The molecule has 0 bridgehead atoms. The van der Waals surface area contributed by atoms with Crippen LogP contribution in [0.25, 0.3) is 11.2 Å². The van der Waals surface area contributed by atoms with Crippen molar-refractivity contribution < 1.29 is 146 Å². The van der Waals surface area contributed by atoms with Crippen LogP contribution in [0.3, 0.4) is 0 Å². The SMILES string of the molecule is CC[C@H]1O[C@@H](n2cc(C)c(=O)[nH]c2=O)CC1OP(O)(=S)OC[C@H]1O[C@@H](n2cc(C)c(=O)[nH]c2=O)CC1OP(O)(=S)OC[C@H]1O[C@@H](n2cc(C)c(N)nc2=O)[C@@H](OCCOC)C1OP(=O)(O)OC[C@H]1O[C@@H](n2cc(C)c(=O)[nH]c2=O)[C@@H](OCCOC)C1OP(O)(=S)OC[C@H]1O[C@@H](n2cc(C)c(N)nc2=O)[C@@H](OCCOC)C1OP(O)(=S)OC[C@H]1O[C@@H](n2cnc3c(N)ncnc32)[C@@H](OCCOC)C1O. The lowest BCUT2D eigenvalue weighted by Gasteiger charge is -2.30. The van der Waals surface area contributed by atoms with Crippen molar-refractivity contribution in [2.24, 2.45) is 0 Å². The Morgan fingerprint density at radius 2 is 0.754 bits per heavy atom. The number of H-pyrrole nitrogens is 3. The van der Waals surface area contributed by atoms with Crippen molar-refractivity contribution in [2.75, 3.05) is 132 Å². The number of fused-ring (bicyclic) bond motifs is 1. The lowest BCUT2D eigenvalue weighted by atomic mass is 10.1. The maximum absolute atomic E-state index is 15.3. The van der Waals surface area contributed by atoms with Gasteiger partial charge in [-0.25, -0.2) is 43.5 Å². The van der Waals surface area contributed by atoms with Gasteiger partial charge in [-0.1, -0.05) is 6.92 Å². The van der Waals surface area contributed by atoms with E-state index in [1.54, 1.807) is 6.92 Å². The van der Waals surface area contributed by atoms with Crippen LogP contribution in [0.4, 0.5) is 17.5 Å². The minimum Gasteiger partial charge on any atom is -0.387 e. The van der Waals surface area contributed by atoms with E-state index in [9.17, 15) is 67.9 Å². The predicted octanol–water partition coefficient (Wildman–Crippen LogP) is -1.68. The van der Waals surface area contributed by atoms with Crippen LogP contribution in [0.15, 0.2) is 82.0 Å². The number of aliphatic hydroxyl groups excluding tert-OH is 1. The van der Waals surface area contributed by atoms with Gasteiger partial charge in [0, 0.05) is 100 Å². The first-order valence-electron chi connectivity index (χ1n) is 42.3. The Kier molecular flexibility index (Phi) is 36.7. The average molecular weight is 2130 g/mol. The molecule has 13 heterocycles. The number of hydrogen-bond acceptors (Lipinski definition) is 46. The molecule has 56 nitrogen and oxygen atoms in total. The van der Waals surface area contributed by atoms with Crippen LogP contribution in [0.2, 0.25) is 0 Å². The van der Waals surface area contributed by atoms with Crippen molar-refractivity contribution in [1.82, 2.24) is 67.3 Å². The third-order valence-corrected chi connectivity index (χ3v) is 29.8. The number of aryl methyl sites for hydroxylation is 5. The highest BCUT2D eigenvalue weighted by molar-refractivity contribution is 8.08. The molecule has 6 aliphatic rings. The molecule has 0 amide bonds. The van der Waals surface area contributed by atoms with E-state index >= 15 is 4.57 Å². The van der Waals surface area contributed by atoms with Crippen LogP contribution in [0.5, 0.6) is 0 Å². The number of nitrogen functional groups attached to an aromatic ring is 3. The van der Waals surface area contributed by atoms with Gasteiger partial charge in [-0.3, -0.25) is 74.8 Å². The predicted molar refractivity (Wildman–Crippen MR) is 489 cm³/mol. The van der Waals surface area contributed by atoms with E-state index in [0.717, 1.165) is 29.0 Å². The van der Waals surface area contributed by atoms with Crippen molar-refractivity contribution in [2.45, 2.75) is 196 Å². The Morgan fingerprint density at radius 1 is 0.406 bits per heavy atom. The number of aliphatic hydroxyl groups is 1. The van der Waals surface area contributed by atoms with Gasteiger partial charge in [0.05, 0.1) is 111 Å². The molecule has 0 radical (unpaired) electrons. The molecule has 6 saturated heterocycles. The average Bonchev–Trinajstić information content (AvgIpc) is 1.62. The van der Waals surface area contributed by atoms with E-state index in [1.807, 2.05) is 0 Å². The maximum atomic E-state index is 15.3. The van der Waals surface area contributed by atoms with E-state index in [1.165, 1.54) is 105 Å². The molecule has 138 heavy (non-hydrogen) atoms. The number of nitrogens with zero attached hydrogens (tertiary/aromatic N) is 11. The molecule has 6 aliphatic heterocycles. The summed E-state index contributed by atoms with van der Waals surface area (Å²) in [5.74, 6) is -0.348. The standard InChI is InChI=1S/C73H106N17O39P5S4/c1-11-39-40(20-47(119-39)85-24-36(4)62(92)82-71(85)97)125-131(102,135)115-27-42-41(21-48(120-42)86-25-37(5)63(93)83-72(86)98)126-132(103,136)117-30-45-51(55(111-17-13-107-8)66(123-45)87-22-34(2)58(74)80-69(87)95)127-130(100,101)114-29-44-52(56(112-18-14-108-9)68(122-44)89-26-38(6)64(94)84-73(89)99)128-134(105,138)118-31-46-53(57(113-19-15-109-10)67(124-46)88-23-35(3)59(75)81-70(88)96)129-133(104,137)116-28-43-50(91)54(110-16-12-106-7)65(121-43)90-33-79-49-60(76)77-32-78-61(49)90/h22-26,32-33,39-48,50-57,65-68,91H,11-21,27-31H2,1-10H3,(H,100,101)(H,102,135)(H,103,136)(H,104,137)(H,105,138)(H2,74,80,95)(H2,75,81,96)(H2,76,77,78)(H,82,92,97)(H,83,93,98)(H,84,94,99)/t39-,40?,41?,42-,43-,44-,45-,46-,47-,48-,50?,51?,52?,53?,54+,55+,56+,57+,65-,66-,67-,68-,131?,132?,133?,134?/m1/s1. The monoisotopic (exact) mass is 2130 g/mol. The van der Waals surface area contributed by atoms with Crippen molar-refractivity contribution in [1.29, 1.82) is 0 Å². The molecule has 27 atom stereocenters. The van der Waals surface area contributed by atoms with Crippen LogP contribution < -0.4 is 62.3 Å². The number of ether oxygens (including phenoxy) is 14. The Balaban J connectivity index is 0.775. The Labute approximate surface area is 801 Å². The fourth-order valence-corrected chi connectivity index (χ4v) is 22.5. The highest BCUT2D eigenvalue weighted by Crippen LogP contribution is 2.58. The topological polar surface area (TPSA) is 716 Å². The zero-order valence-corrected chi connectivity index (χ0v) is 83.0. The first-order valence-corrected chi connectivity index (χ1v) is 54.1. The number of nitrogens with two attached hydrogens (primary N) is 3. The molecule has 7 aromatic heterocycles. The van der Waals surface area contributed by atoms with Crippen molar-refractivity contribution in [3.05, 3.63) is 155 Å². The van der Waals surface area contributed by atoms with Gasteiger partial charge in [0.1, 0.15) is 115 Å². The molecule has 0 aromatic carbocycles. The molecule has 766 valence electrons. The summed E-state index contributed by atoms with van der Waals surface area (Å²) in [5, 5.41) is 11.9. The molecule has 11 unspecified atom stereocenters. The number of nitrogens with one attached hydrogen (secondary N) is 3. The van der Waals surface area contributed by atoms with E-state index in [4.69, 9.17) is 176 Å². The molecule has 0 saturated carbocycles. The van der Waals surface area contributed by atoms with Gasteiger partial charge in [0.15, 0.2) is 36.4 Å². The fourth-order valence-electron chi connectivity index (χ4n) is 15.7. The van der Waals surface area contributed by atoms with Crippen LogP contribution in [-0.2, 0) is 163 Å². The van der Waals surface area contributed by atoms with Gasteiger partial charge in [0.25, 0.3) is 16.7 Å². The van der Waals surface area contributed by atoms with E-state index in [0.29, 0.717) is 0 Å². The number of phosphoric ester groups is 1. The third kappa shape index (κ3) is 26.2. The molecule has 13 rings (SSSR count). The minimum absolute atomic E-state index is 0.0343. The largest absolute Gasteiger partial charge is 0.472 e. The second-order valence-corrected chi connectivity index (χ2v) is 44.6. The third-order valence-electron chi connectivity index (χ3n) is 22.5. The second kappa shape index (κ2) is 46.6. The van der Waals surface area contributed by atoms with E-state index < -0.39 is 254 Å². The summed E-state index contributed by atoms with van der Waals surface area (Å²) >= 11 is 22.6. The highest BCUT2D eigenvalue weighted by atomic mass is 32.5. The lowest BCUT2D eigenvalue weighted by Crippen LogP contribution is -2.42. The summed E-state index contributed by atoms with van der Waals surface area (Å²) in [4.78, 5) is 195. The van der Waals surface area contributed by atoms with Crippen LogP contribution in [0, 0.1) is 34.6 Å². The van der Waals surface area contributed by atoms with Crippen molar-refractivity contribution in [3.63, 3.8) is 0 Å². The van der Waals surface area contributed by atoms with E-state index in [-0.39, 0.29) is 122 Å². The van der Waals surface area contributed by atoms with Gasteiger partial charge in [-0.15, -0.1) is 0 Å². The molecule has 7 aromatic rings. The van der Waals surface area contributed by atoms with Gasteiger partial charge in [-0.2, -0.15) is 9.97 Å². The van der Waals surface area contributed by atoms with Crippen molar-refractivity contribution >= 4 is 111 Å². The quantitative estimate of drug-likeness (QED) is 0.0150. The summed E-state index contributed by atoms with van der Waals surface area (Å²) in [6, 6.07) is 0. The smallest absolute Gasteiger partial charge is 0.387 e. The molecule has 0 spiro atoms. The molecule has 15 N–H and O–H groups in total. The summed E-state index contributed by atoms with van der Waals surface area (Å²) in [6.07, 6.45) is -25.3. The normalized spacial score (nSPS) is 29.4. The number of anilines is 3. The number of hydrogen-bond donors (Lipinski definition) is 12. The number of aromatic amines is 3. The number of imidazole rings is 1. The zero-order valence-electron chi connectivity index (χ0n) is 75.2. The lowest BCUT2D eigenvalue weighted by molar-refractivity contribution is -0.0848. The summed E-state index contributed by atoms with van der Waals surface area (Å²) in [6.45, 7) is -16.2. The van der Waals surface area contributed by atoms with Gasteiger partial charge < -0.3 is 140 Å². The Hall–Kier alpha value is -6.62. The fraction of sp³-hybridized carbons (Fsp3) is 0.658. The molecule has 0 aliphatic carbocycles. The zero-order chi connectivity index (χ0) is 99.9. The number of rotatable bonds is 48. The Bertz CT molecular complexity index is 6240. The highest BCUT2D eigenvalue weighted by Gasteiger charge is 2.57. The molecule has 6 fully saturated rings. The first-order chi connectivity index (χ1) is 65.3. The molecule has 65 heteroatoms. The number of methoxy groups -OCH3 is 4. The summed E-state index contributed by atoms with van der Waals surface area (Å²) in [5.41, 5.74) is 12.2. The molecular formula is C73H106N17O39P5S4. The Morgan fingerprint density at radius 3 is 1.19 bits per heavy atom. The van der Waals surface area contributed by atoms with Crippen LogP contribution >= 0.6 is 34.7 Å². The van der Waals surface area contributed by atoms with Gasteiger partial charge >= 0.3 is 63.1 Å². The van der Waals surface area contributed by atoms with E-state index in [2.05, 4.69) is 39.9 Å². The summed E-state index contributed by atoms with van der Waals surface area (Å²) in [7, 11) is -0.452. The summed E-state index contributed by atoms with van der Waals surface area (Å²) < 4.78 is 167. The van der Waals surface area contributed by atoms with Crippen LogP contribution in [-0.4, -0.2) is 309 Å². The number of phosphoric acid groups is 1. The second-order valence-electron chi connectivity index (χ2n) is 32.0. The maximum Gasteiger partial charge on any atom is 0.472 e. The van der Waals surface area contributed by atoms with Gasteiger partial charge in [-0.05, 0) is 88.3 Å². The molecular weight excluding hydrogens is 2020 g/mol. The first kappa shape index (κ1) is 109. The number of aromatic nitrogens is 14.